The molecule has 1 heterocycles. The van der Waals surface area contributed by atoms with Gasteiger partial charge in [-0.25, -0.2) is 0 Å². The number of nitrogens with one attached hydrogen (secondary N) is 1. The third-order valence-corrected chi connectivity index (χ3v) is 3.31. The normalized spacial score (nSPS) is 41.9. The highest BCUT2D eigenvalue weighted by atomic mass is 32.9. The van der Waals surface area contributed by atoms with Gasteiger partial charge in [0.05, 0.1) is 6.61 Å². The lowest BCUT2D eigenvalue weighted by atomic mass is 10.8. The lowest BCUT2D eigenvalue weighted by molar-refractivity contribution is 0.404. The van der Waals surface area contributed by atoms with E-state index in [2.05, 4.69) is 17.3 Å². The van der Waals surface area contributed by atoms with Gasteiger partial charge in [-0.1, -0.05) is 0 Å². The van der Waals surface area contributed by atoms with Crippen molar-refractivity contribution in [1.82, 2.24) is 5.09 Å². The summed E-state index contributed by atoms with van der Waals surface area (Å²) in [6, 6.07) is 0. The van der Waals surface area contributed by atoms with Crippen LogP contribution in [0.1, 0.15) is 0 Å². The van der Waals surface area contributed by atoms with Crippen LogP contribution in [0.4, 0.5) is 0 Å². The molecule has 0 radical (unpaired) electrons. The highest BCUT2D eigenvalue weighted by Gasteiger charge is 2.16. The lowest BCUT2D eigenvalue weighted by Gasteiger charge is -2.02. The van der Waals surface area contributed by atoms with Crippen LogP contribution in [-0.4, -0.2) is 13.2 Å². The number of hydrogen-bond acceptors (Lipinski definition) is 2. The average molecular weight is 155 g/mol. The van der Waals surface area contributed by atoms with Crippen LogP contribution < -0.4 is 5.09 Å². The van der Waals surface area contributed by atoms with E-state index in [4.69, 9.17) is 16.3 Å². The van der Waals surface area contributed by atoms with E-state index >= 15 is 0 Å². The molecule has 42 valence electrons. The molecule has 1 fully saturated rings. The Labute approximate surface area is 52.9 Å². The van der Waals surface area contributed by atoms with E-state index in [1.807, 2.05) is 0 Å². The van der Waals surface area contributed by atoms with Gasteiger partial charge in [0.1, 0.15) is 0 Å². The minimum Gasteiger partial charge on any atom is -0.329 e. The summed E-state index contributed by atoms with van der Waals surface area (Å²) < 4.78 is 5.02. The maximum atomic E-state index is 5.02. The predicted octanol–water partition coefficient (Wildman–Crippen LogP) is 0.761. The first-order valence-corrected chi connectivity index (χ1v) is 5.80. The number of hydrogen-bond donors (Lipinski definition) is 2. The van der Waals surface area contributed by atoms with Crippen molar-refractivity contribution in [2.75, 3.05) is 13.2 Å². The highest BCUT2D eigenvalue weighted by molar-refractivity contribution is 8.61. The molecule has 1 aliphatic heterocycles. The van der Waals surface area contributed by atoms with Crippen LogP contribution in [0.3, 0.4) is 0 Å². The molecule has 0 amide bonds. The molecule has 0 bridgehead atoms. The lowest BCUT2D eigenvalue weighted by Crippen LogP contribution is -1.98. The van der Waals surface area contributed by atoms with Crippen molar-refractivity contribution >= 4 is 29.7 Å². The molecule has 1 aliphatic rings. The Morgan fingerprint density at radius 2 is 2.57 bits per heavy atom. The van der Waals surface area contributed by atoms with E-state index in [1.165, 1.54) is 0 Å². The molecule has 0 aromatic rings. The van der Waals surface area contributed by atoms with E-state index in [0.29, 0.717) is 0 Å². The van der Waals surface area contributed by atoms with E-state index < -0.39 is 5.62 Å². The van der Waals surface area contributed by atoms with Crippen molar-refractivity contribution in [3.8, 4) is 0 Å². The molecule has 0 aliphatic carbocycles. The molecule has 0 aromatic carbocycles. The van der Waals surface area contributed by atoms with E-state index in [-0.39, 0.29) is 0 Å². The smallest absolute Gasteiger partial charge is 0.182 e. The van der Waals surface area contributed by atoms with Crippen LogP contribution in [0.5, 0.6) is 0 Å². The summed E-state index contributed by atoms with van der Waals surface area (Å²) in [6.07, 6.45) is 0. The third-order valence-electron chi connectivity index (χ3n) is 0.680. The van der Waals surface area contributed by atoms with Crippen LogP contribution in [0.15, 0.2) is 0 Å². The second-order valence-electron chi connectivity index (χ2n) is 1.26. The van der Waals surface area contributed by atoms with Crippen LogP contribution in [-0.2, 0) is 16.3 Å². The first-order chi connectivity index (χ1) is 3.21. The minimum atomic E-state index is -1.77. The first-order valence-electron chi connectivity index (χ1n) is 1.93. The highest BCUT2D eigenvalue weighted by Crippen LogP contribution is 2.49. The summed E-state index contributed by atoms with van der Waals surface area (Å²) >= 11 is 8.89. The van der Waals surface area contributed by atoms with Crippen LogP contribution in [0.2, 0.25) is 0 Å². The van der Waals surface area contributed by atoms with Crippen molar-refractivity contribution < 1.29 is 4.52 Å². The Morgan fingerprint density at radius 1 is 1.86 bits per heavy atom. The molecule has 1 unspecified atom stereocenters. The topological polar surface area (TPSA) is 21.3 Å². The van der Waals surface area contributed by atoms with Gasteiger partial charge in [0.15, 0.2) is 5.62 Å². The van der Waals surface area contributed by atoms with Gasteiger partial charge in [-0.3, -0.25) is 5.09 Å². The minimum absolute atomic E-state index is 0.723. The van der Waals surface area contributed by atoms with Gasteiger partial charge in [0.2, 0.25) is 0 Å². The van der Waals surface area contributed by atoms with Gasteiger partial charge in [0, 0.05) is 6.54 Å². The molecular formula is C2H6NOPS2. The third kappa shape index (κ3) is 1.70. The summed E-state index contributed by atoms with van der Waals surface area (Å²) in [7, 11) is 0. The van der Waals surface area contributed by atoms with Crippen LogP contribution in [0.25, 0.3) is 0 Å². The monoisotopic (exact) mass is 155 g/mol. The summed E-state index contributed by atoms with van der Waals surface area (Å²) in [5.74, 6) is 0. The van der Waals surface area contributed by atoms with Crippen LogP contribution >= 0.6 is 17.9 Å². The fraction of sp³-hybridized carbons (Fsp3) is 1.00. The van der Waals surface area contributed by atoms with Crippen molar-refractivity contribution in [3.63, 3.8) is 0 Å². The van der Waals surface area contributed by atoms with E-state index in [1.54, 1.807) is 0 Å². The predicted molar refractivity (Wildman–Crippen MR) is 37.2 cm³/mol. The largest absolute Gasteiger partial charge is 0.329 e. The summed E-state index contributed by atoms with van der Waals surface area (Å²) in [6.45, 7) is 1.58. The quantitative estimate of drug-likeness (QED) is 0.398. The molecule has 5 heteroatoms. The Hall–Kier alpha value is 0.920. The molecule has 1 N–H and O–H groups in total. The standard InChI is InChI=1S/C2H6NOPS2/c6-5(7)3-1-2-4-5/h1-2H2,(H2,3,6,7). The van der Waals surface area contributed by atoms with E-state index in [0.717, 1.165) is 13.2 Å². The number of thiol groups is 1. The van der Waals surface area contributed by atoms with Gasteiger partial charge in [0.25, 0.3) is 0 Å². The SMILES string of the molecule is S=P1(S)NCCO1. The van der Waals surface area contributed by atoms with Crippen LogP contribution in [0, 0.1) is 0 Å². The van der Waals surface area contributed by atoms with Crippen molar-refractivity contribution in [1.29, 1.82) is 0 Å². The Balaban J connectivity index is 2.57. The maximum Gasteiger partial charge on any atom is 0.182 e. The molecule has 1 atom stereocenters. The number of rotatable bonds is 0. The fourth-order valence-electron chi connectivity index (χ4n) is 0.402. The summed E-state index contributed by atoms with van der Waals surface area (Å²) in [5.41, 5.74) is -1.77. The van der Waals surface area contributed by atoms with Gasteiger partial charge in [-0.2, -0.15) is 0 Å². The molecule has 1 rings (SSSR count). The second-order valence-corrected chi connectivity index (χ2v) is 6.92. The van der Waals surface area contributed by atoms with Gasteiger partial charge < -0.3 is 4.52 Å². The fourth-order valence-corrected chi connectivity index (χ4v) is 2.25. The zero-order valence-electron chi connectivity index (χ0n) is 3.63. The van der Waals surface area contributed by atoms with Crippen molar-refractivity contribution in [2.24, 2.45) is 0 Å². The first kappa shape index (κ1) is 6.05. The summed E-state index contributed by atoms with van der Waals surface area (Å²) in [4.78, 5) is 0. The second kappa shape index (κ2) is 2.03. The molecule has 1 saturated heterocycles. The molecule has 7 heavy (non-hydrogen) atoms. The van der Waals surface area contributed by atoms with Gasteiger partial charge >= 0.3 is 0 Å². The van der Waals surface area contributed by atoms with Crippen molar-refractivity contribution in [2.45, 2.75) is 0 Å². The van der Waals surface area contributed by atoms with Crippen molar-refractivity contribution in [3.05, 3.63) is 0 Å². The molecule has 0 spiro atoms. The Kier molecular flexibility index (Phi) is 1.76. The Morgan fingerprint density at radius 3 is 2.71 bits per heavy atom. The zero-order chi connectivity index (χ0) is 5.33. The maximum absolute atomic E-state index is 5.02. The molecule has 0 aromatic heterocycles. The Bertz CT molecular complexity index is 106. The average Bonchev–Trinajstić information content (AvgIpc) is 1.84. The van der Waals surface area contributed by atoms with E-state index in [9.17, 15) is 0 Å². The molecule has 0 saturated carbocycles. The molecule has 2 nitrogen and oxygen atoms in total. The van der Waals surface area contributed by atoms with Gasteiger partial charge in [-0.15, -0.1) is 12.2 Å². The van der Waals surface area contributed by atoms with Gasteiger partial charge in [-0.05, 0) is 11.8 Å². The summed E-state index contributed by atoms with van der Waals surface area (Å²) in [5, 5.41) is 2.96. The zero-order valence-corrected chi connectivity index (χ0v) is 6.23. The molecular weight excluding hydrogens is 149 g/mol.